The molecular formula is C16H22F3NO4. The first-order chi connectivity index (χ1) is 11.3. The molecule has 1 aromatic heterocycles. The Morgan fingerprint density at radius 3 is 2.83 bits per heavy atom. The minimum atomic E-state index is -4.49. The van der Waals surface area contributed by atoms with Gasteiger partial charge in [0, 0.05) is 6.61 Å². The van der Waals surface area contributed by atoms with Gasteiger partial charge in [-0.3, -0.25) is 4.79 Å². The number of halogens is 3. The van der Waals surface area contributed by atoms with Crippen molar-refractivity contribution in [2.75, 3.05) is 19.8 Å². The third-order valence-electron chi connectivity index (χ3n) is 3.76. The maximum absolute atomic E-state index is 12.7. The first-order valence-corrected chi connectivity index (χ1v) is 7.96. The normalized spacial score (nSPS) is 19.9. The highest BCUT2D eigenvalue weighted by Gasteiger charge is 2.35. The van der Waals surface area contributed by atoms with E-state index in [9.17, 15) is 18.0 Å². The summed E-state index contributed by atoms with van der Waals surface area (Å²) < 4.78 is 54.2. The summed E-state index contributed by atoms with van der Waals surface area (Å²) in [5.41, 5.74) is 0. The highest BCUT2D eigenvalue weighted by atomic mass is 19.4. The Morgan fingerprint density at radius 2 is 2.25 bits per heavy atom. The lowest BCUT2D eigenvalue weighted by Crippen LogP contribution is -2.44. The van der Waals surface area contributed by atoms with Crippen LogP contribution in [0.15, 0.2) is 22.8 Å². The van der Waals surface area contributed by atoms with Gasteiger partial charge in [-0.15, -0.1) is 0 Å². The van der Waals surface area contributed by atoms with Gasteiger partial charge >= 0.3 is 6.18 Å². The molecule has 0 bridgehead atoms. The van der Waals surface area contributed by atoms with Gasteiger partial charge in [-0.1, -0.05) is 0 Å². The van der Waals surface area contributed by atoms with Gasteiger partial charge in [0.1, 0.15) is 18.4 Å². The Labute approximate surface area is 138 Å². The van der Waals surface area contributed by atoms with Crippen LogP contribution in [0.1, 0.15) is 31.9 Å². The van der Waals surface area contributed by atoms with E-state index >= 15 is 0 Å². The molecule has 0 aromatic carbocycles. The minimum absolute atomic E-state index is 0.102. The van der Waals surface area contributed by atoms with E-state index in [1.54, 1.807) is 6.07 Å². The van der Waals surface area contributed by atoms with Crippen molar-refractivity contribution in [3.8, 4) is 0 Å². The molecule has 0 radical (unpaired) electrons. The van der Waals surface area contributed by atoms with Crippen molar-refractivity contribution in [2.45, 2.75) is 51.1 Å². The van der Waals surface area contributed by atoms with Crippen molar-refractivity contribution in [2.24, 2.45) is 0 Å². The lowest BCUT2D eigenvalue weighted by molar-refractivity contribution is -0.171. The molecule has 1 aliphatic heterocycles. The maximum atomic E-state index is 12.7. The number of amides is 1. The van der Waals surface area contributed by atoms with Gasteiger partial charge in [0.05, 0.1) is 25.5 Å². The molecule has 2 rings (SSSR count). The molecule has 2 atom stereocenters. The van der Waals surface area contributed by atoms with Gasteiger partial charge in [0.15, 0.2) is 0 Å². The molecule has 8 heteroatoms. The van der Waals surface area contributed by atoms with Gasteiger partial charge < -0.3 is 18.8 Å². The monoisotopic (exact) mass is 349 g/mol. The van der Waals surface area contributed by atoms with E-state index in [4.69, 9.17) is 13.9 Å². The van der Waals surface area contributed by atoms with E-state index in [0.717, 1.165) is 19.3 Å². The molecule has 1 aromatic rings. The summed E-state index contributed by atoms with van der Waals surface area (Å²) in [5, 5.41) is 0. The SMILES string of the molecule is CC(OCC1CCCCO1)C(=O)N(Cc1ccco1)CC(F)(F)F. The van der Waals surface area contributed by atoms with Crippen LogP contribution in [0.2, 0.25) is 0 Å². The standard InChI is InChI=1S/C16H22F3NO4/c1-12(24-10-14-5-2-3-7-23-14)15(21)20(11-16(17,18)19)9-13-6-4-8-22-13/h4,6,8,12,14H,2-3,5,7,9-11H2,1H3. The molecule has 0 spiro atoms. The van der Waals surface area contributed by atoms with E-state index in [-0.39, 0.29) is 25.0 Å². The number of carbonyl (C=O) groups is 1. The fourth-order valence-corrected chi connectivity index (χ4v) is 2.54. The fourth-order valence-electron chi connectivity index (χ4n) is 2.54. The van der Waals surface area contributed by atoms with Crippen LogP contribution in [0.4, 0.5) is 13.2 Å². The van der Waals surface area contributed by atoms with E-state index in [1.807, 2.05) is 0 Å². The second kappa shape index (κ2) is 8.53. The highest BCUT2D eigenvalue weighted by molar-refractivity contribution is 5.80. The quantitative estimate of drug-likeness (QED) is 0.759. The molecule has 2 heterocycles. The fraction of sp³-hybridized carbons (Fsp3) is 0.688. The zero-order valence-corrected chi connectivity index (χ0v) is 13.6. The molecule has 24 heavy (non-hydrogen) atoms. The van der Waals surface area contributed by atoms with E-state index in [2.05, 4.69) is 0 Å². The summed E-state index contributed by atoms with van der Waals surface area (Å²) in [5.74, 6) is -0.435. The highest BCUT2D eigenvalue weighted by Crippen LogP contribution is 2.20. The molecule has 0 saturated carbocycles. The van der Waals surface area contributed by atoms with Crippen LogP contribution in [0, 0.1) is 0 Å². The number of ether oxygens (including phenoxy) is 2. The average Bonchev–Trinajstić information content (AvgIpc) is 3.04. The summed E-state index contributed by atoms with van der Waals surface area (Å²) in [6.45, 7) is 0.707. The van der Waals surface area contributed by atoms with Gasteiger partial charge in [-0.2, -0.15) is 13.2 Å². The Hall–Kier alpha value is -1.54. The summed E-state index contributed by atoms with van der Waals surface area (Å²) in [7, 11) is 0. The van der Waals surface area contributed by atoms with Crippen LogP contribution in [0.25, 0.3) is 0 Å². The summed E-state index contributed by atoms with van der Waals surface area (Å²) in [6.07, 6.45) is -1.37. The number of alkyl halides is 3. The third kappa shape index (κ3) is 6.16. The lowest BCUT2D eigenvalue weighted by atomic mass is 10.1. The summed E-state index contributed by atoms with van der Waals surface area (Å²) >= 11 is 0. The molecular weight excluding hydrogens is 327 g/mol. The van der Waals surface area contributed by atoms with Crippen LogP contribution in [-0.2, 0) is 20.8 Å². The number of furan rings is 1. The van der Waals surface area contributed by atoms with E-state index in [0.29, 0.717) is 11.5 Å². The second-order valence-corrected chi connectivity index (χ2v) is 5.85. The number of hydrogen-bond donors (Lipinski definition) is 0. The maximum Gasteiger partial charge on any atom is 0.406 e. The van der Waals surface area contributed by atoms with Crippen molar-refractivity contribution >= 4 is 5.91 Å². The van der Waals surface area contributed by atoms with Gasteiger partial charge in [-0.05, 0) is 38.3 Å². The average molecular weight is 349 g/mol. The van der Waals surface area contributed by atoms with Crippen LogP contribution in [0.5, 0.6) is 0 Å². The van der Waals surface area contributed by atoms with Crippen LogP contribution >= 0.6 is 0 Å². The molecule has 0 aliphatic carbocycles. The van der Waals surface area contributed by atoms with Crippen LogP contribution in [0.3, 0.4) is 0 Å². The smallest absolute Gasteiger partial charge is 0.406 e. The van der Waals surface area contributed by atoms with Gasteiger partial charge in [0.25, 0.3) is 5.91 Å². The van der Waals surface area contributed by atoms with Crippen molar-refractivity contribution in [3.05, 3.63) is 24.2 Å². The predicted octanol–water partition coefficient (Wildman–Crippen LogP) is 3.14. The van der Waals surface area contributed by atoms with E-state index < -0.39 is 24.7 Å². The Balaban J connectivity index is 1.91. The molecule has 1 saturated heterocycles. The molecule has 1 aliphatic rings. The van der Waals surface area contributed by atoms with Gasteiger partial charge in [-0.25, -0.2) is 0 Å². The Bertz CT molecular complexity index is 498. The summed E-state index contributed by atoms with van der Waals surface area (Å²) in [6, 6.07) is 3.09. The van der Waals surface area contributed by atoms with Gasteiger partial charge in [0.2, 0.25) is 0 Å². The molecule has 2 unspecified atom stereocenters. The van der Waals surface area contributed by atoms with Crippen molar-refractivity contribution in [3.63, 3.8) is 0 Å². The third-order valence-corrected chi connectivity index (χ3v) is 3.76. The summed E-state index contributed by atoms with van der Waals surface area (Å²) in [4.78, 5) is 13.0. The second-order valence-electron chi connectivity index (χ2n) is 5.85. The first-order valence-electron chi connectivity index (χ1n) is 7.96. The zero-order chi connectivity index (χ0) is 17.6. The number of hydrogen-bond acceptors (Lipinski definition) is 4. The van der Waals surface area contributed by atoms with Crippen LogP contribution < -0.4 is 0 Å². The van der Waals surface area contributed by atoms with E-state index in [1.165, 1.54) is 19.3 Å². The molecule has 5 nitrogen and oxygen atoms in total. The molecule has 1 fully saturated rings. The Kier molecular flexibility index (Phi) is 6.68. The molecule has 136 valence electrons. The first kappa shape index (κ1) is 18.8. The molecule has 1 amide bonds. The predicted molar refractivity (Wildman–Crippen MR) is 79.2 cm³/mol. The lowest BCUT2D eigenvalue weighted by Gasteiger charge is -2.28. The topological polar surface area (TPSA) is 51.9 Å². The molecule has 0 N–H and O–H groups in total. The van der Waals surface area contributed by atoms with Crippen molar-refractivity contribution in [1.82, 2.24) is 4.90 Å². The zero-order valence-electron chi connectivity index (χ0n) is 13.6. The van der Waals surface area contributed by atoms with Crippen molar-refractivity contribution in [1.29, 1.82) is 0 Å². The van der Waals surface area contributed by atoms with Crippen molar-refractivity contribution < 1.29 is 31.9 Å². The number of carbonyl (C=O) groups excluding carboxylic acids is 1. The minimum Gasteiger partial charge on any atom is -0.467 e. The largest absolute Gasteiger partial charge is 0.467 e. The Morgan fingerprint density at radius 1 is 1.46 bits per heavy atom. The van der Waals surface area contributed by atoms with Crippen LogP contribution in [-0.4, -0.2) is 48.9 Å². The number of rotatable bonds is 7. The number of nitrogens with zero attached hydrogens (tertiary/aromatic N) is 1.